The van der Waals surface area contributed by atoms with Crippen molar-refractivity contribution in [1.29, 1.82) is 0 Å². The predicted octanol–water partition coefficient (Wildman–Crippen LogP) is 2.32. The smallest absolute Gasteiger partial charge is 0.0245 e. The molecule has 1 unspecified atom stereocenters. The van der Waals surface area contributed by atoms with Gasteiger partial charge in [0, 0.05) is 35.4 Å². The van der Waals surface area contributed by atoms with E-state index in [1.54, 1.807) is 0 Å². The van der Waals surface area contributed by atoms with Gasteiger partial charge in [-0.3, -0.25) is 4.90 Å². The van der Waals surface area contributed by atoms with E-state index in [0.717, 1.165) is 26.1 Å². The second kappa shape index (κ2) is 5.30. The first-order valence-corrected chi connectivity index (χ1v) is 6.00. The number of aryl methyl sites for hydroxylation is 2. The van der Waals surface area contributed by atoms with Gasteiger partial charge in [-0.1, -0.05) is 0 Å². The Morgan fingerprint density at radius 1 is 1.53 bits per heavy atom. The van der Waals surface area contributed by atoms with Crippen LogP contribution < -0.4 is 5.73 Å². The lowest BCUT2D eigenvalue weighted by molar-refractivity contribution is 0.327. The number of hydrogen-bond acceptors (Lipinski definition) is 3. The Morgan fingerprint density at radius 2 is 2.27 bits per heavy atom. The topological polar surface area (TPSA) is 29.3 Å². The van der Waals surface area contributed by atoms with Crippen LogP contribution >= 0.6 is 23.7 Å². The van der Waals surface area contributed by atoms with E-state index < -0.39 is 0 Å². The number of halogens is 1. The van der Waals surface area contributed by atoms with Gasteiger partial charge in [-0.25, -0.2) is 0 Å². The zero-order valence-corrected chi connectivity index (χ0v) is 11.0. The molecule has 1 aromatic heterocycles. The highest BCUT2D eigenvalue weighted by Gasteiger charge is 2.19. The standard InChI is InChI=1S/C11H18N2S.ClH/c1-8-5-10(9(2)14-8)6-13-4-3-11(12)7-13;/h5,11H,3-4,6-7,12H2,1-2H3;1H. The van der Waals surface area contributed by atoms with Crippen LogP contribution in [0.1, 0.15) is 21.7 Å². The Bertz CT molecular complexity index is 324. The number of nitrogens with zero attached hydrogens (tertiary/aromatic N) is 1. The molecule has 0 spiro atoms. The van der Waals surface area contributed by atoms with Crippen molar-refractivity contribution in [1.82, 2.24) is 4.90 Å². The third kappa shape index (κ3) is 3.18. The van der Waals surface area contributed by atoms with Gasteiger partial charge in [0.2, 0.25) is 0 Å². The second-order valence-electron chi connectivity index (χ2n) is 4.22. The Morgan fingerprint density at radius 3 is 2.73 bits per heavy atom. The fourth-order valence-corrected chi connectivity index (χ4v) is 3.03. The van der Waals surface area contributed by atoms with Crippen molar-refractivity contribution in [2.75, 3.05) is 13.1 Å². The zero-order chi connectivity index (χ0) is 10.1. The highest BCUT2D eigenvalue weighted by atomic mass is 35.5. The summed E-state index contributed by atoms with van der Waals surface area (Å²) in [5.74, 6) is 0. The zero-order valence-electron chi connectivity index (χ0n) is 9.32. The van der Waals surface area contributed by atoms with E-state index in [0.29, 0.717) is 6.04 Å². The van der Waals surface area contributed by atoms with Gasteiger partial charge in [-0.05, 0) is 31.9 Å². The fraction of sp³-hybridized carbons (Fsp3) is 0.636. The number of rotatable bonds is 2. The van der Waals surface area contributed by atoms with Crippen LogP contribution in [0.4, 0.5) is 0 Å². The molecule has 4 heteroatoms. The van der Waals surface area contributed by atoms with Crippen molar-refractivity contribution in [2.45, 2.75) is 32.9 Å². The molecule has 15 heavy (non-hydrogen) atoms. The van der Waals surface area contributed by atoms with E-state index in [9.17, 15) is 0 Å². The van der Waals surface area contributed by atoms with E-state index in [1.807, 2.05) is 11.3 Å². The molecule has 86 valence electrons. The Balaban J connectivity index is 0.00000112. The molecule has 1 saturated heterocycles. The molecule has 0 radical (unpaired) electrons. The molecule has 0 aliphatic carbocycles. The van der Waals surface area contributed by atoms with Crippen LogP contribution in [-0.2, 0) is 6.54 Å². The van der Waals surface area contributed by atoms with Crippen LogP contribution in [0, 0.1) is 13.8 Å². The molecular formula is C11H19ClN2S. The lowest BCUT2D eigenvalue weighted by Crippen LogP contribution is -2.26. The highest BCUT2D eigenvalue weighted by molar-refractivity contribution is 7.12. The molecule has 2 rings (SSSR count). The number of hydrogen-bond donors (Lipinski definition) is 1. The summed E-state index contributed by atoms with van der Waals surface area (Å²) in [5, 5.41) is 0. The number of nitrogens with two attached hydrogens (primary N) is 1. The molecular weight excluding hydrogens is 228 g/mol. The molecule has 1 aromatic rings. The third-order valence-corrected chi connectivity index (χ3v) is 3.85. The maximum Gasteiger partial charge on any atom is 0.0245 e. The van der Waals surface area contributed by atoms with Gasteiger partial charge < -0.3 is 5.73 Å². The first-order chi connectivity index (χ1) is 6.65. The maximum absolute atomic E-state index is 5.88. The van der Waals surface area contributed by atoms with Gasteiger partial charge in [-0.2, -0.15) is 0 Å². The average Bonchev–Trinajstić information content (AvgIpc) is 2.61. The van der Waals surface area contributed by atoms with Crippen LogP contribution in [0.25, 0.3) is 0 Å². The van der Waals surface area contributed by atoms with Crippen LogP contribution in [0.5, 0.6) is 0 Å². The maximum atomic E-state index is 5.88. The lowest BCUT2D eigenvalue weighted by atomic mass is 10.2. The molecule has 1 fully saturated rings. The first kappa shape index (κ1) is 13.0. The molecule has 1 aliphatic rings. The molecule has 2 heterocycles. The van der Waals surface area contributed by atoms with Crippen molar-refractivity contribution < 1.29 is 0 Å². The van der Waals surface area contributed by atoms with Crippen LogP contribution in [-0.4, -0.2) is 24.0 Å². The van der Waals surface area contributed by atoms with E-state index in [2.05, 4.69) is 24.8 Å². The van der Waals surface area contributed by atoms with Crippen molar-refractivity contribution in [3.8, 4) is 0 Å². The largest absolute Gasteiger partial charge is 0.326 e. The van der Waals surface area contributed by atoms with Crippen molar-refractivity contribution in [3.05, 3.63) is 21.4 Å². The summed E-state index contributed by atoms with van der Waals surface area (Å²) in [6.07, 6.45) is 1.15. The minimum absolute atomic E-state index is 0. The van der Waals surface area contributed by atoms with Crippen LogP contribution in [0.2, 0.25) is 0 Å². The van der Waals surface area contributed by atoms with Crippen molar-refractivity contribution in [3.63, 3.8) is 0 Å². The lowest BCUT2D eigenvalue weighted by Gasteiger charge is -2.14. The fourth-order valence-electron chi connectivity index (χ4n) is 2.09. The Kier molecular flexibility index (Phi) is 4.59. The van der Waals surface area contributed by atoms with E-state index in [4.69, 9.17) is 5.73 Å². The van der Waals surface area contributed by atoms with Gasteiger partial charge in [0.15, 0.2) is 0 Å². The minimum Gasteiger partial charge on any atom is -0.326 e. The summed E-state index contributed by atoms with van der Waals surface area (Å²) in [6, 6.07) is 2.71. The van der Waals surface area contributed by atoms with Crippen molar-refractivity contribution in [2.24, 2.45) is 5.73 Å². The minimum atomic E-state index is 0. The SMILES string of the molecule is Cc1cc(CN2CCC(N)C2)c(C)s1.Cl. The van der Waals surface area contributed by atoms with E-state index in [-0.39, 0.29) is 12.4 Å². The van der Waals surface area contributed by atoms with Gasteiger partial charge >= 0.3 is 0 Å². The van der Waals surface area contributed by atoms with Gasteiger partial charge in [-0.15, -0.1) is 23.7 Å². The molecule has 0 aromatic carbocycles. The third-order valence-electron chi connectivity index (χ3n) is 2.85. The Labute approximate surface area is 102 Å². The first-order valence-electron chi connectivity index (χ1n) is 5.19. The quantitative estimate of drug-likeness (QED) is 0.868. The molecule has 1 atom stereocenters. The molecule has 0 saturated carbocycles. The summed E-state index contributed by atoms with van der Waals surface area (Å²) < 4.78 is 0. The molecule has 1 aliphatic heterocycles. The van der Waals surface area contributed by atoms with Gasteiger partial charge in [0.1, 0.15) is 0 Å². The molecule has 2 N–H and O–H groups in total. The predicted molar refractivity (Wildman–Crippen MR) is 68.9 cm³/mol. The molecule has 0 amide bonds. The highest BCUT2D eigenvalue weighted by Crippen LogP contribution is 2.23. The summed E-state index contributed by atoms with van der Waals surface area (Å²) in [5.41, 5.74) is 7.37. The van der Waals surface area contributed by atoms with Crippen LogP contribution in [0.3, 0.4) is 0 Å². The van der Waals surface area contributed by atoms with Gasteiger partial charge in [0.05, 0.1) is 0 Å². The van der Waals surface area contributed by atoms with Crippen LogP contribution in [0.15, 0.2) is 6.07 Å². The van der Waals surface area contributed by atoms with Gasteiger partial charge in [0.25, 0.3) is 0 Å². The average molecular weight is 247 g/mol. The number of likely N-dealkylation sites (tertiary alicyclic amines) is 1. The van der Waals surface area contributed by atoms with E-state index >= 15 is 0 Å². The normalized spacial score (nSPS) is 21.7. The summed E-state index contributed by atoms with van der Waals surface area (Å²) >= 11 is 1.90. The molecule has 2 nitrogen and oxygen atoms in total. The molecule has 0 bridgehead atoms. The number of thiophene rings is 1. The summed E-state index contributed by atoms with van der Waals surface area (Å²) in [7, 11) is 0. The monoisotopic (exact) mass is 246 g/mol. The van der Waals surface area contributed by atoms with E-state index in [1.165, 1.54) is 15.3 Å². The summed E-state index contributed by atoms with van der Waals surface area (Å²) in [6.45, 7) is 7.70. The van der Waals surface area contributed by atoms with Crippen molar-refractivity contribution >= 4 is 23.7 Å². The Hall–Kier alpha value is -0.0900. The summed E-state index contributed by atoms with van der Waals surface area (Å²) in [4.78, 5) is 5.34. The second-order valence-corrected chi connectivity index (χ2v) is 5.68.